The number of nitrogens with zero attached hydrogens (tertiary/aromatic N) is 3. The highest BCUT2D eigenvalue weighted by Gasteiger charge is 2.24. The Hall–Kier alpha value is -4.37. The lowest BCUT2D eigenvalue weighted by Gasteiger charge is -2.25. The highest BCUT2D eigenvalue weighted by atomic mass is 32.2. The standard InChI is InChI=1S/C26H18F2N4O2S/c27-22-8-4-9-23(28)26(22)35(33,34)31-19-11-13-20(14-12-19)32(25-15-16-29-17-30-25)24-10-3-6-18-5-1-2-7-21(18)24/h1-17,31H. The summed E-state index contributed by atoms with van der Waals surface area (Å²) in [5, 5.41) is 2.04. The van der Waals surface area contributed by atoms with Crippen LogP contribution in [-0.2, 0) is 10.0 Å². The SMILES string of the molecule is O=S(=O)(Nc1ccc(N(c2ccncn2)c2cccc3ccccc23)cc1)c1c(F)cccc1F. The lowest BCUT2D eigenvalue weighted by atomic mass is 10.1. The summed E-state index contributed by atoms with van der Waals surface area (Å²) in [6, 6.07) is 24.9. The number of hydrogen-bond donors (Lipinski definition) is 1. The van der Waals surface area contributed by atoms with Crippen LogP contribution in [-0.4, -0.2) is 18.4 Å². The summed E-state index contributed by atoms with van der Waals surface area (Å²) in [4.78, 5) is 9.29. The Balaban J connectivity index is 1.55. The van der Waals surface area contributed by atoms with Crippen molar-refractivity contribution in [2.24, 2.45) is 0 Å². The van der Waals surface area contributed by atoms with Crippen molar-refractivity contribution in [1.29, 1.82) is 0 Å². The first-order chi connectivity index (χ1) is 16.9. The summed E-state index contributed by atoms with van der Waals surface area (Å²) in [6.45, 7) is 0. The monoisotopic (exact) mass is 488 g/mol. The predicted molar refractivity (Wildman–Crippen MR) is 131 cm³/mol. The van der Waals surface area contributed by atoms with Crippen molar-refractivity contribution >= 4 is 43.7 Å². The summed E-state index contributed by atoms with van der Waals surface area (Å²) < 4.78 is 55.6. The quantitative estimate of drug-likeness (QED) is 0.309. The third-order valence-corrected chi connectivity index (χ3v) is 6.80. The van der Waals surface area contributed by atoms with E-state index in [2.05, 4.69) is 14.7 Å². The Bertz CT molecular complexity index is 1590. The second kappa shape index (κ2) is 9.11. The molecule has 1 aromatic heterocycles. The molecule has 0 fully saturated rings. The second-order valence-corrected chi connectivity index (χ2v) is 9.22. The molecule has 0 atom stereocenters. The topological polar surface area (TPSA) is 75.2 Å². The number of hydrogen-bond acceptors (Lipinski definition) is 5. The van der Waals surface area contributed by atoms with Gasteiger partial charge in [0.1, 0.15) is 23.8 Å². The molecule has 6 nitrogen and oxygen atoms in total. The minimum Gasteiger partial charge on any atom is -0.294 e. The highest BCUT2D eigenvalue weighted by Crippen LogP contribution is 2.38. The molecule has 0 spiro atoms. The molecule has 0 amide bonds. The van der Waals surface area contributed by atoms with Gasteiger partial charge in [-0.1, -0.05) is 42.5 Å². The van der Waals surface area contributed by atoms with Crippen LogP contribution in [0.1, 0.15) is 0 Å². The fourth-order valence-corrected chi connectivity index (χ4v) is 5.04. The third-order valence-electron chi connectivity index (χ3n) is 5.37. The number of nitrogens with one attached hydrogen (secondary N) is 1. The lowest BCUT2D eigenvalue weighted by molar-refractivity contribution is 0.521. The van der Waals surface area contributed by atoms with Crippen molar-refractivity contribution in [2.45, 2.75) is 4.90 Å². The van der Waals surface area contributed by atoms with E-state index >= 15 is 0 Å². The van der Waals surface area contributed by atoms with Gasteiger partial charge in [0.2, 0.25) is 0 Å². The van der Waals surface area contributed by atoms with Gasteiger partial charge in [-0.15, -0.1) is 0 Å². The number of aromatic nitrogens is 2. The number of benzene rings is 4. The van der Waals surface area contributed by atoms with E-state index < -0.39 is 26.6 Å². The third kappa shape index (κ3) is 4.41. The number of halogens is 2. The molecule has 0 aliphatic heterocycles. The van der Waals surface area contributed by atoms with Crippen molar-refractivity contribution < 1.29 is 17.2 Å². The van der Waals surface area contributed by atoms with Gasteiger partial charge in [0.25, 0.3) is 10.0 Å². The molecule has 9 heteroatoms. The first-order valence-corrected chi connectivity index (χ1v) is 12.0. The van der Waals surface area contributed by atoms with E-state index in [-0.39, 0.29) is 5.69 Å². The molecule has 0 saturated carbocycles. The second-order valence-electron chi connectivity index (χ2n) is 7.60. The fraction of sp³-hybridized carbons (Fsp3) is 0. The lowest BCUT2D eigenvalue weighted by Crippen LogP contribution is -2.16. The Kier molecular flexibility index (Phi) is 5.84. The zero-order valence-corrected chi connectivity index (χ0v) is 19.0. The molecule has 0 saturated heterocycles. The van der Waals surface area contributed by atoms with E-state index in [9.17, 15) is 17.2 Å². The molecule has 1 N–H and O–H groups in total. The van der Waals surface area contributed by atoms with Crippen LogP contribution in [0.25, 0.3) is 10.8 Å². The summed E-state index contributed by atoms with van der Waals surface area (Å²) in [5.41, 5.74) is 1.71. The zero-order valence-electron chi connectivity index (χ0n) is 18.1. The van der Waals surface area contributed by atoms with Crippen LogP contribution in [0.4, 0.5) is 31.7 Å². The van der Waals surface area contributed by atoms with Gasteiger partial charge in [0, 0.05) is 23.0 Å². The maximum atomic E-state index is 14.0. The molecule has 0 unspecified atom stereocenters. The average Bonchev–Trinajstić information content (AvgIpc) is 2.86. The van der Waals surface area contributed by atoms with E-state index in [0.29, 0.717) is 11.5 Å². The van der Waals surface area contributed by atoms with Crippen LogP contribution >= 0.6 is 0 Å². The molecule has 0 aliphatic carbocycles. The van der Waals surface area contributed by atoms with Gasteiger partial charge in [0.15, 0.2) is 4.90 Å². The molecule has 0 bridgehead atoms. The minimum atomic E-state index is -4.48. The van der Waals surface area contributed by atoms with Crippen molar-refractivity contribution in [3.8, 4) is 0 Å². The number of fused-ring (bicyclic) bond motifs is 1. The molecule has 0 aliphatic rings. The molecule has 35 heavy (non-hydrogen) atoms. The molecule has 0 radical (unpaired) electrons. The maximum Gasteiger partial charge on any atom is 0.267 e. The largest absolute Gasteiger partial charge is 0.294 e. The molecule has 5 aromatic rings. The van der Waals surface area contributed by atoms with Gasteiger partial charge < -0.3 is 0 Å². The molecule has 174 valence electrons. The van der Waals surface area contributed by atoms with Gasteiger partial charge in [-0.25, -0.2) is 27.2 Å². The fourth-order valence-electron chi connectivity index (χ4n) is 3.84. The highest BCUT2D eigenvalue weighted by molar-refractivity contribution is 7.92. The first kappa shape index (κ1) is 22.4. The van der Waals surface area contributed by atoms with Crippen LogP contribution < -0.4 is 9.62 Å². The van der Waals surface area contributed by atoms with Gasteiger partial charge in [-0.2, -0.15) is 0 Å². The smallest absolute Gasteiger partial charge is 0.267 e. The summed E-state index contributed by atoms with van der Waals surface area (Å²) in [6.07, 6.45) is 3.07. The molecule has 1 heterocycles. The van der Waals surface area contributed by atoms with Gasteiger partial charge in [0.05, 0.1) is 5.69 Å². The van der Waals surface area contributed by atoms with Crippen molar-refractivity contribution in [3.05, 3.63) is 115 Å². The van der Waals surface area contributed by atoms with Crippen molar-refractivity contribution in [3.63, 3.8) is 0 Å². The van der Waals surface area contributed by atoms with Gasteiger partial charge in [-0.05, 0) is 53.9 Å². The summed E-state index contributed by atoms with van der Waals surface area (Å²) in [7, 11) is -4.48. The van der Waals surface area contributed by atoms with Crippen molar-refractivity contribution in [2.75, 3.05) is 9.62 Å². The predicted octanol–water partition coefficient (Wildman–Crippen LogP) is 6.18. The Morgan fingerprint density at radius 1 is 0.771 bits per heavy atom. The molecule has 5 rings (SSSR count). The van der Waals surface area contributed by atoms with Crippen molar-refractivity contribution in [1.82, 2.24) is 9.97 Å². The van der Waals surface area contributed by atoms with Crippen LogP contribution in [0.15, 0.2) is 108 Å². The van der Waals surface area contributed by atoms with Crippen LogP contribution in [0.2, 0.25) is 0 Å². The van der Waals surface area contributed by atoms with E-state index in [0.717, 1.165) is 34.7 Å². The minimum absolute atomic E-state index is 0.150. The zero-order chi connectivity index (χ0) is 24.4. The Morgan fingerprint density at radius 3 is 2.17 bits per heavy atom. The normalized spacial score (nSPS) is 11.4. The van der Waals surface area contributed by atoms with Gasteiger partial charge >= 0.3 is 0 Å². The summed E-state index contributed by atoms with van der Waals surface area (Å²) in [5.74, 6) is -1.72. The van der Waals surface area contributed by atoms with Crippen LogP contribution in [0, 0.1) is 11.6 Å². The van der Waals surface area contributed by atoms with E-state index in [1.807, 2.05) is 47.4 Å². The van der Waals surface area contributed by atoms with Crippen LogP contribution in [0.3, 0.4) is 0 Å². The molecular weight excluding hydrogens is 470 g/mol. The Morgan fingerprint density at radius 2 is 1.46 bits per heavy atom. The van der Waals surface area contributed by atoms with Gasteiger partial charge in [-0.3, -0.25) is 9.62 Å². The summed E-state index contributed by atoms with van der Waals surface area (Å²) >= 11 is 0. The first-order valence-electron chi connectivity index (χ1n) is 10.5. The number of rotatable bonds is 6. The molecular formula is C26H18F2N4O2S. The van der Waals surface area contributed by atoms with E-state index in [1.165, 1.54) is 18.5 Å². The van der Waals surface area contributed by atoms with Crippen LogP contribution in [0.5, 0.6) is 0 Å². The number of anilines is 4. The Labute approximate surface area is 200 Å². The number of sulfonamides is 1. The molecule has 4 aromatic carbocycles. The van der Waals surface area contributed by atoms with E-state index in [4.69, 9.17) is 0 Å². The average molecular weight is 489 g/mol. The van der Waals surface area contributed by atoms with E-state index in [1.54, 1.807) is 24.4 Å². The maximum absolute atomic E-state index is 14.0.